The standard InChI is InChI=1S/C12H8F3N3OS/c13-12(14,15)9-2-1-3-10(17-9)18-11(19)5-4-8-6-20-7-16-8/h1-7H,(H,17,18,19). The number of hydrogen-bond donors (Lipinski definition) is 1. The van der Waals surface area contributed by atoms with Crippen LogP contribution in [0.3, 0.4) is 0 Å². The van der Waals surface area contributed by atoms with Crippen LogP contribution in [0.4, 0.5) is 19.0 Å². The Morgan fingerprint density at radius 2 is 2.15 bits per heavy atom. The van der Waals surface area contributed by atoms with E-state index in [4.69, 9.17) is 0 Å². The van der Waals surface area contributed by atoms with Crippen LogP contribution in [-0.2, 0) is 11.0 Å². The number of pyridine rings is 1. The second-order valence-corrected chi connectivity index (χ2v) is 4.36. The number of hydrogen-bond acceptors (Lipinski definition) is 4. The van der Waals surface area contributed by atoms with E-state index in [9.17, 15) is 18.0 Å². The topological polar surface area (TPSA) is 54.9 Å². The molecule has 8 heteroatoms. The summed E-state index contributed by atoms with van der Waals surface area (Å²) < 4.78 is 37.3. The van der Waals surface area contributed by atoms with Gasteiger partial charge in [-0.3, -0.25) is 4.79 Å². The Labute approximate surface area is 116 Å². The van der Waals surface area contributed by atoms with Gasteiger partial charge in [0.15, 0.2) is 0 Å². The molecule has 1 N–H and O–H groups in total. The normalized spacial score (nSPS) is 11.8. The molecule has 0 bridgehead atoms. The lowest BCUT2D eigenvalue weighted by Gasteiger charge is -2.07. The van der Waals surface area contributed by atoms with Crippen LogP contribution >= 0.6 is 11.3 Å². The van der Waals surface area contributed by atoms with Gasteiger partial charge in [0.25, 0.3) is 0 Å². The van der Waals surface area contributed by atoms with Crippen molar-refractivity contribution in [1.82, 2.24) is 9.97 Å². The minimum absolute atomic E-state index is 0.159. The maximum Gasteiger partial charge on any atom is 0.433 e. The van der Waals surface area contributed by atoms with Crippen LogP contribution in [0.25, 0.3) is 6.08 Å². The zero-order valence-electron chi connectivity index (χ0n) is 9.89. The second-order valence-electron chi connectivity index (χ2n) is 3.64. The Bertz CT molecular complexity index is 623. The lowest BCUT2D eigenvalue weighted by molar-refractivity contribution is -0.141. The number of nitrogens with one attached hydrogen (secondary N) is 1. The van der Waals surface area contributed by atoms with Gasteiger partial charge in [0.1, 0.15) is 11.5 Å². The van der Waals surface area contributed by atoms with Crippen molar-refractivity contribution in [3.63, 3.8) is 0 Å². The summed E-state index contributed by atoms with van der Waals surface area (Å²) in [7, 11) is 0. The van der Waals surface area contributed by atoms with Crippen molar-refractivity contribution in [2.24, 2.45) is 0 Å². The van der Waals surface area contributed by atoms with E-state index in [2.05, 4.69) is 15.3 Å². The molecule has 2 aromatic heterocycles. The summed E-state index contributed by atoms with van der Waals surface area (Å²) in [6.07, 6.45) is -1.91. The molecule has 0 unspecified atom stereocenters. The quantitative estimate of drug-likeness (QED) is 0.885. The number of amides is 1. The van der Waals surface area contributed by atoms with Gasteiger partial charge < -0.3 is 5.32 Å². The first-order valence-electron chi connectivity index (χ1n) is 5.36. The van der Waals surface area contributed by atoms with Gasteiger partial charge in [-0.15, -0.1) is 11.3 Å². The van der Waals surface area contributed by atoms with E-state index in [0.29, 0.717) is 5.69 Å². The number of alkyl halides is 3. The van der Waals surface area contributed by atoms with Crippen LogP contribution in [0.1, 0.15) is 11.4 Å². The predicted molar refractivity (Wildman–Crippen MR) is 69.0 cm³/mol. The van der Waals surface area contributed by atoms with Crippen LogP contribution in [0.5, 0.6) is 0 Å². The fourth-order valence-corrected chi connectivity index (χ4v) is 1.82. The molecule has 0 atom stereocenters. The third kappa shape index (κ3) is 3.89. The van der Waals surface area contributed by atoms with Gasteiger partial charge in [-0.25, -0.2) is 9.97 Å². The van der Waals surface area contributed by atoms with Crippen LogP contribution in [-0.4, -0.2) is 15.9 Å². The Hall–Kier alpha value is -2.22. The zero-order valence-corrected chi connectivity index (χ0v) is 10.7. The predicted octanol–water partition coefficient (Wildman–Crippen LogP) is 3.21. The lowest BCUT2D eigenvalue weighted by Crippen LogP contribution is -2.13. The number of thiazole rings is 1. The summed E-state index contributed by atoms with van der Waals surface area (Å²) in [5.74, 6) is -0.738. The molecule has 1 amide bonds. The van der Waals surface area contributed by atoms with Gasteiger partial charge in [0, 0.05) is 11.5 Å². The highest BCUT2D eigenvalue weighted by Crippen LogP contribution is 2.28. The Balaban J connectivity index is 2.05. The fourth-order valence-electron chi connectivity index (χ4n) is 1.30. The Morgan fingerprint density at radius 1 is 1.35 bits per heavy atom. The van der Waals surface area contributed by atoms with Crippen LogP contribution in [0.2, 0.25) is 0 Å². The highest BCUT2D eigenvalue weighted by molar-refractivity contribution is 7.07. The maximum absolute atomic E-state index is 12.4. The first-order valence-corrected chi connectivity index (χ1v) is 6.31. The number of halogens is 3. The average Bonchev–Trinajstić information content (AvgIpc) is 2.89. The summed E-state index contributed by atoms with van der Waals surface area (Å²) in [6, 6.07) is 3.29. The van der Waals surface area contributed by atoms with Gasteiger partial charge in [-0.1, -0.05) is 6.07 Å². The lowest BCUT2D eigenvalue weighted by atomic mass is 10.3. The van der Waals surface area contributed by atoms with E-state index >= 15 is 0 Å². The second kappa shape index (κ2) is 5.83. The molecule has 2 rings (SSSR count). The minimum atomic E-state index is -4.54. The molecular formula is C12H8F3N3OS. The minimum Gasteiger partial charge on any atom is -0.307 e. The van der Waals surface area contributed by atoms with E-state index in [1.807, 2.05) is 0 Å². The molecule has 2 aromatic rings. The molecule has 0 aromatic carbocycles. The van der Waals surface area contributed by atoms with Crippen molar-refractivity contribution in [3.05, 3.63) is 46.6 Å². The maximum atomic E-state index is 12.4. The number of carbonyl (C=O) groups is 1. The molecule has 0 aliphatic heterocycles. The van der Waals surface area contributed by atoms with E-state index in [0.717, 1.165) is 6.07 Å². The third-order valence-electron chi connectivity index (χ3n) is 2.15. The SMILES string of the molecule is O=C(C=Cc1cscn1)Nc1cccc(C(F)(F)F)n1. The highest BCUT2D eigenvalue weighted by atomic mass is 32.1. The Kier molecular flexibility index (Phi) is 4.14. The van der Waals surface area contributed by atoms with Gasteiger partial charge in [0.2, 0.25) is 5.91 Å². The van der Waals surface area contributed by atoms with Gasteiger partial charge in [0.05, 0.1) is 11.2 Å². The molecular weight excluding hydrogens is 291 g/mol. The number of aromatic nitrogens is 2. The first kappa shape index (κ1) is 14.2. The smallest absolute Gasteiger partial charge is 0.307 e. The molecule has 0 fully saturated rings. The van der Waals surface area contributed by atoms with Crippen LogP contribution in [0, 0.1) is 0 Å². The van der Waals surface area contributed by atoms with Crippen LogP contribution < -0.4 is 5.32 Å². The van der Waals surface area contributed by atoms with Crippen molar-refractivity contribution >= 4 is 29.1 Å². The van der Waals surface area contributed by atoms with E-state index < -0.39 is 17.8 Å². The highest BCUT2D eigenvalue weighted by Gasteiger charge is 2.32. The number of carbonyl (C=O) groups excluding carboxylic acids is 1. The molecule has 0 spiro atoms. The molecule has 0 saturated carbocycles. The largest absolute Gasteiger partial charge is 0.433 e. The van der Waals surface area contributed by atoms with Crippen LogP contribution in [0.15, 0.2) is 35.2 Å². The first-order chi connectivity index (χ1) is 9.45. The summed E-state index contributed by atoms with van der Waals surface area (Å²) in [4.78, 5) is 18.8. The van der Waals surface area contributed by atoms with Crippen molar-refractivity contribution in [1.29, 1.82) is 0 Å². The van der Waals surface area contributed by atoms with E-state index in [1.54, 1.807) is 10.9 Å². The van der Waals surface area contributed by atoms with Crippen molar-refractivity contribution in [2.75, 3.05) is 5.32 Å². The van der Waals surface area contributed by atoms with E-state index in [1.165, 1.54) is 35.6 Å². The van der Waals surface area contributed by atoms with Crippen molar-refractivity contribution in [3.8, 4) is 0 Å². The Morgan fingerprint density at radius 3 is 2.80 bits per heavy atom. The number of nitrogens with zero attached hydrogens (tertiary/aromatic N) is 2. The third-order valence-corrected chi connectivity index (χ3v) is 2.75. The van der Waals surface area contributed by atoms with Gasteiger partial charge in [-0.2, -0.15) is 13.2 Å². The van der Waals surface area contributed by atoms with Crippen molar-refractivity contribution < 1.29 is 18.0 Å². The van der Waals surface area contributed by atoms with Gasteiger partial charge in [-0.05, 0) is 18.2 Å². The molecule has 0 aliphatic carbocycles. The summed E-state index contributed by atoms with van der Waals surface area (Å²) >= 11 is 1.37. The molecule has 2 heterocycles. The molecule has 4 nitrogen and oxygen atoms in total. The molecule has 20 heavy (non-hydrogen) atoms. The van der Waals surface area contributed by atoms with Gasteiger partial charge >= 0.3 is 6.18 Å². The molecule has 104 valence electrons. The molecule has 0 aliphatic rings. The number of rotatable bonds is 3. The summed E-state index contributed by atoms with van der Waals surface area (Å²) in [6.45, 7) is 0. The summed E-state index contributed by atoms with van der Waals surface area (Å²) in [5, 5.41) is 3.98. The van der Waals surface area contributed by atoms with E-state index in [-0.39, 0.29) is 5.82 Å². The van der Waals surface area contributed by atoms with Crippen molar-refractivity contribution in [2.45, 2.75) is 6.18 Å². The molecule has 0 saturated heterocycles. The summed E-state index contributed by atoms with van der Waals surface area (Å²) in [5.41, 5.74) is 1.15. The zero-order chi connectivity index (χ0) is 14.6. The molecule has 0 radical (unpaired) electrons. The average molecular weight is 299 g/mol. The number of anilines is 1. The fraction of sp³-hybridized carbons (Fsp3) is 0.0833. The monoisotopic (exact) mass is 299 g/mol.